The Balaban J connectivity index is 1.75. The maximum Gasteiger partial charge on any atom is 0.267 e. The highest BCUT2D eigenvalue weighted by Crippen LogP contribution is 2.33. The van der Waals surface area contributed by atoms with Crippen LogP contribution in [0.3, 0.4) is 0 Å². The number of hydrogen-bond donors (Lipinski definition) is 2. The molecular weight excluding hydrogens is 392 g/mol. The van der Waals surface area contributed by atoms with Crippen molar-refractivity contribution in [2.75, 3.05) is 10.6 Å². The van der Waals surface area contributed by atoms with Crippen LogP contribution in [0.25, 0.3) is 0 Å². The number of para-hydroxylation sites is 1. The summed E-state index contributed by atoms with van der Waals surface area (Å²) in [5.41, 5.74) is 1.05. The first kappa shape index (κ1) is 19.5. The first-order chi connectivity index (χ1) is 13.7. The molecule has 0 saturated heterocycles. The number of rotatable bonds is 6. The van der Waals surface area contributed by atoms with Crippen LogP contribution in [0.4, 0.5) is 11.4 Å². The average molecular weight is 407 g/mol. The lowest BCUT2D eigenvalue weighted by Crippen LogP contribution is -2.15. The van der Waals surface area contributed by atoms with E-state index in [-0.39, 0.29) is 10.7 Å². The number of nitriles is 1. The molecule has 0 aliphatic heterocycles. The molecule has 1 aromatic heterocycles. The van der Waals surface area contributed by atoms with E-state index in [1.54, 1.807) is 24.4 Å². The molecule has 2 aromatic carbocycles. The lowest BCUT2D eigenvalue weighted by atomic mass is 10.2. The average Bonchev–Trinajstić information content (AvgIpc) is 2.72. The molecule has 0 saturated carbocycles. The summed E-state index contributed by atoms with van der Waals surface area (Å²) in [5.74, 6) is -0.517. The van der Waals surface area contributed by atoms with Gasteiger partial charge in [-0.1, -0.05) is 53.7 Å². The lowest BCUT2D eigenvalue weighted by molar-refractivity contribution is -0.112. The van der Waals surface area contributed by atoms with Crippen LogP contribution in [0.2, 0.25) is 5.15 Å². The van der Waals surface area contributed by atoms with Gasteiger partial charge in [-0.05, 0) is 36.4 Å². The van der Waals surface area contributed by atoms with Crippen LogP contribution in [0.15, 0.2) is 94.5 Å². The molecule has 3 aromatic rings. The summed E-state index contributed by atoms with van der Waals surface area (Å²) in [7, 11) is 0. The summed E-state index contributed by atoms with van der Waals surface area (Å²) >= 11 is 7.50. The van der Waals surface area contributed by atoms with E-state index >= 15 is 0 Å². The fourth-order valence-electron chi connectivity index (χ4n) is 2.26. The summed E-state index contributed by atoms with van der Waals surface area (Å²) < 4.78 is 0. The standard InChI is InChI=1S/C21H15ClN4OS/c22-20-18(10-6-12-24-20)25-14-15(13-23)21(27)26-17-9-4-5-11-19(17)28-16-7-2-1-3-8-16/h1-12,14,25H,(H,26,27)/b15-14-. The maximum absolute atomic E-state index is 12.6. The van der Waals surface area contributed by atoms with Crippen molar-refractivity contribution < 1.29 is 4.79 Å². The summed E-state index contributed by atoms with van der Waals surface area (Å²) in [6.45, 7) is 0. The van der Waals surface area contributed by atoms with E-state index in [2.05, 4.69) is 15.6 Å². The molecule has 0 fully saturated rings. The summed E-state index contributed by atoms with van der Waals surface area (Å²) in [4.78, 5) is 18.4. The molecular formula is C21H15ClN4OS. The minimum atomic E-state index is -0.517. The smallest absolute Gasteiger partial charge is 0.267 e. The molecule has 138 valence electrons. The maximum atomic E-state index is 12.6. The third-order valence-corrected chi connectivity index (χ3v) is 4.99. The van der Waals surface area contributed by atoms with E-state index in [9.17, 15) is 10.1 Å². The zero-order valence-corrected chi connectivity index (χ0v) is 16.2. The minimum absolute atomic E-state index is 0.0839. The molecule has 2 N–H and O–H groups in total. The van der Waals surface area contributed by atoms with Gasteiger partial charge in [-0.3, -0.25) is 4.79 Å². The van der Waals surface area contributed by atoms with E-state index in [0.29, 0.717) is 11.4 Å². The Morgan fingerprint density at radius 1 is 1.04 bits per heavy atom. The summed E-state index contributed by atoms with van der Waals surface area (Å²) in [5, 5.41) is 15.2. The molecule has 0 unspecified atom stereocenters. The number of carbonyl (C=O) groups is 1. The van der Waals surface area contributed by atoms with E-state index in [1.807, 2.05) is 54.6 Å². The Morgan fingerprint density at radius 2 is 1.75 bits per heavy atom. The van der Waals surface area contributed by atoms with Gasteiger partial charge in [0.25, 0.3) is 5.91 Å². The molecule has 0 spiro atoms. The van der Waals surface area contributed by atoms with Crippen LogP contribution in [0.5, 0.6) is 0 Å². The first-order valence-electron chi connectivity index (χ1n) is 8.28. The molecule has 7 heteroatoms. The second-order valence-corrected chi connectivity index (χ2v) is 6.99. The predicted molar refractivity (Wildman–Crippen MR) is 112 cm³/mol. The highest BCUT2D eigenvalue weighted by Gasteiger charge is 2.12. The Morgan fingerprint density at radius 3 is 2.50 bits per heavy atom. The number of pyridine rings is 1. The van der Waals surface area contributed by atoms with Crippen molar-refractivity contribution >= 4 is 40.6 Å². The van der Waals surface area contributed by atoms with Gasteiger partial charge in [-0.25, -0.2) is 4.98 Å². The molecule has 1 heterocycles. The van der Waals surface area contributed by atoms with E-state index in [4.69, 9.17) is 11.6 Å². The van der Waals surface area contributed by atoms with Gasteiger partial charge in [-0.2, -0.15) is 5.26 Å². The molecule has 28 heavy (non-hydrogen) atoms. The van der Waals surface area contributed by atoms with Crippen molar-refractivity contribution in [2.45, 2.75) is 9.79 Å². The second kappa shape index (κ2) is 9.60. The number of anilines is 2. The highest BCUT2D eigenvalue weighted by atomic mass is 35.5. The van der Waals surface area contributed by atoms with Crippen LogP contribution in [-0.4, -0.2) is 10.9 Å². The largest absolute Gasteiger partial charge is 0.358 e. The minimum Gasteiger partial charge on any atom is -0.358 e. The van der Waals surface area contributed by atoms with Crippen molar-refractivity contribution in [3.8, 4) is 6.07 Å². The van der Waals surface area contributed by atoms with E-state index < -0.39 is 5.91 Å². The van der Waals surface area contributed by atoms with Crippen LogP contribution in [0, 0.1) is 11.3 Å². The fourth-order valence-corrected chi connectivity index (χ4v) is 3.35. The Hall–Kier alpha value is -3.27. The quantitative estimate of drug-likeness (QED) is 0.328. The van der Waals surface area contributed by atoms with Crippen LogP contribution < -0.4 is 10.6 Å². The van der Waals surface area contributed by atoms with Gasteiger partial charge in [0, 0.05) is 22.2 Å². The van der Waals surface area contributed by atoms with Gasteiger partial charge in [0.15, 0.2) is 5.15 Å². The molecule has 0 atom stereocenters. The van der Waals surface area contributed by atoms with Gasteiger partial charge in [-0.15, -0.1) is 0 Å². The van der Waals surface area contributed by atoms with Crippen molar-refractivity contribution in [3.05, 3.63) is 89.9 Å². The highest BCUT2D eigenvalue weighted by molar-refractivity contribution is 7.99. The zero-order valence-electron chi connectivity index (χ0n) is 14.6. The van der Waals surface area contributed by atoms with Gasteiger partial charge in [0.1, 0.15) is 11.6 Å². The van der Waals surface area contributed by atoms with Crippen molar-refractivity contribution in [1.29, 1.82) is 5.26 Å². The second-order valence-electron chi connectivity index (χ2n) is 5.52. The topological polar surface area (TPSA) is 77.8 Å². The number of amides is 1. The van der Waals surface area contributed by atoms with Gasteiger partial charge < -0.3 is 10.6 Å². The van der Waals surface area contributed by atoms with Crippen LogP contribution in [0.1, 0.15) is 0 Å². The Labute approximate surface area is 172 Å². The molecule has 0 radical (unpaired) electrons. The normalized spacial score (nSPS) is 10.8. The summed E-state index contributed by atoms with van der Waals surface area (Å²) in [6, 6.07) is 22.6. The number of benzene rings is 2. The molecule has 1 amide bonds. The number of nitrogens with zero attached hydrogens (tertiary/aromatic N) is 2. The SMILES string of the molecule is N#C/C(=C/Nc1cccnc1Cl)C(=O)Nc1ccccc1Sc1ccccc1. The van der Waals surface area contributed by atoms with Crippen LogP contribution in [-0.2, 0) is 4.79 Å². The molecule has 0 bridgehead atoms. The summed E-state index contributed by atoms with van der Waals surface area (Å²) in [6.07, 6.45) is 2.86. The molecule has 0 aliphatic carbocycles. The first-order valence-corrected chi connectivity index (χ1v) is 9.47. The predicted octanol–water partition coefficient (Wildman–Crippen LogP) is 5.34. The third kappa shape index (κ3) is 5.13. The van der Waals surface area contributed by atoms with Crippen molar-refractivity contribution in [1.82, 2.24) is 4.98 Å². The van der Waals surface area contributed by atoms with Crippen molar-refractivity contribution in [2.24, 2.45) is 0 Å². The molecule has 5 nitrogen and oxygen atoms in total. The fraction of sp³-hybridized carbons (Fsp3) is 0. The number of hydrogen-bond acceptors (Lipinski definition) is 5. The molecule has 0 aliphatic rings. The number of aromatic nitrogens is 1. The Kier molecular flexibility index (Phi) is 6.68. The van der Waals surface area contributed by atoms with E-state index in [0.717, 1.165) is 9.79 Å². The Bertz CT molecular complexity index is 1050. The van der Waals surface area contributed by atoms with Gasteiger partial charge >= 0.3 is 0 Å². The molecule has 3 rings (SSSR count). The van der Waals surface area contributed by atoms with Gasteiger partial charge in [0.05, 0.1) is 11.4 Å². The van der Waals surface area contributed by atoms with E-state index in [1.165, 1.54) is 18.0 Å². The zero-order chi connectivity index (χ0) is 19.8. The van der Waals surface area contributed by atoms with Crippen molar-refractivity contribution in [3.63, 3.8) is 0 Å². The number of nitrogens with one attached hydrogen (secondary N) is 2. The number of carbonyl (C=O) groups excluding carboxylic acids is 1. The third-order valence-electron chi connectivity index (χ3n) is 3.60. The van der Waals surface area contributed by atoms with Crippen LogP contribution >= 0.6 is 23.4 Å². The monoisotopic (exact) mass is 406 g/mol. The van der Waals surface area contributed by atoms with Gasteiger partial charge in [0.2, 0.25) is 0 Å². The number of halogens is 1. The lowest BCUT2D eigenvalue weighted by Gasteiger charge is -2.10.